The Labute approximate surface area is 240 Å². The van der Waals surface area contributed by atoms with Gasteiger partial charge in [0.2, 0.25) is 11.8 Å². The van der Waals surface area contributed by atoms with Gasteiger partial charge in [0.05, 0.1) is 25.3 Å². The Balaban J connectivity index is 1.65. The second kappa shape index (κ2) is 14.3. The minimum atomic E-state index is -0.453. The molecule has 2 N–H and O–H groups in total. The molecule has 0 aliphatic carbocycles. The zero-order valence-corrected chi connectivity index (χ0v) is 26.0. The fourth-order valence-electron chi connectivity index (χ4n) is 4.99. The number of hydrogen-bond donors (Lipinski definition) is 2. The van der Waals surface area contributed by atoms with E-state index < -0.39 is 12.2 Å². The third-order valence-corrected chi connectivity index (χ3v) is 9.14. The van der Waals surface area contributed by atoms with Crippen LogP contribution < -0.4 is 0 Å². The molecule has 38 heavy (non-hydrogen) atoms. The van der Waals surface area contributed by atoms with Crippen LogP contribution in [0.5, 0.6) is 0 Å². The van der Waals surface area contributed by atoms with Crippen LogP contribution in [0.4, 0.5) is 0 Å². The number of aliphatic hydroxyl groups excluding tert-OH is 2. The van der Waals surface area contributed by atoms with Gasteiger partial charge in [-0.1, -0.05) is 27.7 Å². The summed E-state index contributed by atoms with van der Waals surface area (Å²) in [6.07, 6.45) is 4.91. The summed E-state index contributed by atoms with van der Waals surface area (Å²) in [6.45, 7) is 16.1. The fraction of sp³-hybridized carbons (Fsp3) is 0.857. The van der Waals surface area contributed by atoms with Crippen molar-refractivity contribution in [1.29, 1.82) is 0 Å². The maximum absolute atomic E-state index is 12.3. The minimum absolute atomic E-state index is 0.0215. The first-order chi connectivity index (χ1) is 17.7. The van der Waals surface area contributed by atoms with Crippen molar-refractivity contribution in [3.05, 3.63) is 0 Å². The third kappa shape index (κ3) is 9.68. The number of thiocarbonyl (C=S) groups is 2. The van der Waals surface area contributed by atoms with E-state index in [0.717, 1.165) is 38.8 Å². The van der Waals surface area contributed by atoms with Crippen LogP contribution >= 0.6 is 24.4 Å². The first-order valence-electron chi connectivity index (χ1n) is 14.2. The summed E-state index contributed by atoms with van der Waals surface area (Å²) in [5.74, 6) is 0.141. The number of carbonyl (C=O) groups excluding carboxylic acids is 2. The van der Waals surface area contributed by atoms with Crippen molar-refractivity contribution in [3.8, 4) is 0 Å². The van der Waals surface area contributed by atoms with Gasteiger partial charge in [-0.25, -0.2) is 0 Å². The molecule has 2 atom stereocenters. The van der Waals surface area contributed by atoms with Crippen molar-refractivity contribution in [3.63, 3.8) is 0 Å². The van der Waals surface area contributed by atoms with Crippen molar-refractivity contribution in [2.75, 3.05) is 39.3 Å². The van der Waals surface area contributed by atoms with E-state index in [9.17, 15) is 19.8 Å². The van der Waals surface area contributed by atoms with Crippen LogP contribution in [0, 0.1) is 10.8 Å². The molecule has 2 amide bonds. The molecule has 0 bridgehead atoms. The van der Waals surface area contributed by atoms with Crippen molar-refractivity contribution in [1.82, 2.24) is 19.6 Å². The van der Waals surface area contributed by atoms with Gasteiger partial charge in [-0.15, -0.1) is 0 Å². The van der Waals surface area contributed by atoms with Crippen LogP contribution in [0.25, 0.3) is 0 Å². The van der Waals surface area contributed by atoms with Crippen LogP contribution in [0.15, 0.2) is 0 Å². The predicted molar refractivity (Wildman–Crippen MR) is 160 cm³/mol. The number of aliphatic hydroxyl groups is 2. The van der Waals surface area contributed by atoms with Crippen LogP contribution in [-0.4, -0.2) is 103 Å². The van der Waals surface area contributed by atoms with Crippen molar-refractivity contribution in [2.24, 2.45) is 10.8 Å². The Kier molecular flexibility index (Phi) is 12.4. The van der Waals surface area contributed by atoms with Gasteiger partial charge in [0, 0.05) is 26.2 Å². The van der Waals surface area contributed by atoms with Gasteiger partial charge in [0.15, 0.2) is 10.2 Å². The lowest BCUT2D eigenvalue weighted by molar-refractivity contribution is -0.126. The second-order valence-electron chi connectivity index (χ2n) is 12.5. The van der Waals surface area contributed by atoms with E-state index in [0.29, 0.717) is 62.1 Å². The molecule has 2 aliphatic heterocycles. The van der Waals surface area contributed by atoms with Gasteiger partial charge < -0.3 is 20.0 Å². The Hall–Kier alpha value is -1.36. The molecule has 0 aromatic heterocycles. The lowest BCUT2D eigenvalue weighted by Gasteiger charge is -2.29. The summed E-state index contributed by atoms with van der Waals surface area (Å²) in [7, 11) is 0. The summed E-state index contributed by atoms with van der Waals surface area (Å²) < 4.78 is 0. The van der Waals surface area contributed by atoms with E-state index in [-0.39, 0.29) is 22.6 Å². The summed E-state index contributed by atoms with van der Waals surface area (Å²) in [6, 6.07) is 0. The van der Waals surface area contributed by atoms with E-state index in [1.54, 1.807) is 9.80 Å². The first-order valence-corrected chi connectivity index (χ1v) is 15.1. The summed E-state index contributed by atoms with van der Waals surface area (Å²) in [5, 5.41) is 22.4. The lowest BCUT2D eigenvalue weighted by Crippen LogP contribution is -2.35. The zero-order valence-electron chi connectivity index (χ0n) is 24.4. The Bertz CT molecular complexity index is 783. The van der Waals surface area contributed by atoms with E-state index >= 15 is 0 Å². The van der Waals surface area contributed by atoms with E-state index in [2.05, 4.69) is 27.7 Å². The molecule has 2 fully saturated rings. The number of nitrogens with zero attached hydrogens (tertiary/aromatic N) is 4. The van der Waals surface area contributed by atoms with Gasteiger partial charge in [-0.2, -0.15) is 0 Å². The molecule has 2 aliphatic rings. The molecule has 0 radical (unpaired) electrons. The molecule has 2 heterocycles. The maximum Gasteiger partial charge on any atom is 0.248 e. The molecule has 8 nitrogen and oxygen atoms in total. The van der Waals surface area contributed by atoms with Crippen LogP contribution in [0.2, 0.25) is 0 Å². The monoisotopic (exact) mass is 570 g/mol. The van der Waals surface area contributed by atoms with Gasteiger partial charge in [-0.3, -0.25) is 19.4 Å². The van der Waals surface area contributed by atoms with E-state index in [1.165, 1.54) is 0 Å². The van der Waals surface area contributed by atoms with Gasteiger partial charge in [0.1, 0.15) is 0 Å². The Morgan fingerprint density at radius 1 is 0.684 bits per heavy atom. The highest BCUT2D eigenvalue weighted by molar-refractivity contribution is 7.80. The minimum Gasteiger partial charge on any atom is -0.393 e. The summed E-state index contributed by atoms with van der Waals surface area (Å²) >= 11 is 10.9. The van der Waals surface area contributed by atoms with Crippen molar-refractivity contribution in [2.45, 2.75) is 105 Å². The normalized spacial score (nSPS) is 18.8. The Morgan fingerprint density at radius 2 is 1.03 bits per heavy atom. The third-order valence-electron chi connectivity index (χ3n) is 8.19. The highest BCUT2D eigenvalue weighted by Crippen LogP contribution is 2.31. The number of hydrogen-bond acceptors (Lipinski definition) is 6. The predicted octanol–water partition coefficient (Wildman–Crippen LogP) is 3.78. The molecule has 218 valence electrons. The van der Waals surface area contributed by atoms with E-state index in [4.69, 9.17) is 24.4 Å². The standard InChI is InChI=1S/C28H50N4O4S2/c1-7-29-19-23(35)31(25(29)37)17-15-27(3,4)13-11-21(33)9-10-22(34)12-14-28(5,6)16-18-32-24(36)20-30(8-2)26(32)38/h21-22,33-34H,7-20H2,1-6H3. The topological polar surface area (TPSA) is 87.6 Å². The summed E-state index contributed by atoms with van der Waals surface area (Å²) in [4.78, 5) is 31.8. The molecule has 0 saturated carbocycles. The highest BCUT2D eigenvalue weighted by Gasteiger charge is 2.34. The fourth-order valence-corrected chi connectivity index (χ4v) is 5.76. The largest absolute Gasteiger partial charge is 0.393 e. The van der Waals surface area contributed by atoms with Gasteiger partial charge in [0.25, 0.3) is 0 Å². The lowest BCUT2D eigenvalue weighted by atomic mass is 9.82. The maximum atomic E-state index is 12.3. The molecule has 0 aromatic carbocycles. The molecule has 0 spiro atoms. The number of carbonyl (C=O) groups is 2. The zero-order chi connectivity index (χ0) is 28.7. The molecule has 2 unspecified atom stereocenters. The smallest absolute Gasteiger partial charge is 0.248 e. The number of rotatable bonds is 17. The first kappa shape index (κ1) is 32.8. The Morgan fingerprint density at radius 3 is 1.32 bits per heavy atom. The van der Waals surface area contributed by atoms with Crippen LogP contribution in [-0.2, 0) is 9.59 Å². The molecule has 2 saturated heterocycles. The molecular weight excluding hydrogens is 520 g/mol. The molecule has 10 heteroatoms. The van der Waals surface area contributed by atoms with Crippen molar-refractivity contribution >= 4 is 46.5 Å². The molecule has 2 rings (SSSR count). The van der Waals surface area contributed by atoms with Gasteiger partial charge >= 0.3 is 0 Å². The molecule has 0 aromatic rings. The summed E-state index contributed by atoms with van der Waals surface area (Å²) in [5.41, 5.74) is -0.0430. The average molecular weight is 571 g/mol. The van der Waals surface area contributed by atoms with Crippen LogP contribution in [0.3, 0.4) is 0 Å². The van der Waals surface area contributed by atoms with Gasteiger partial charge in [-0.05, 0) is 100 Å². The number of likely N-dealkylation sites (N-methyl/N-ethyl adjacent to an activating group) is 2. The average Bonchev–Trinajstić information content (AvgIpc) is 3.30. The second-order valence-corrected chi connectivity index (χ2v) is 13.2. The van der Waals surface area contributed by atoms with Crippen molar-refractivity contribution < 1.29 is 19.8 Å². The number of amides is 2. The van der Waals surface area contributed by atoms with Crippen LogP contribution in [0.1, 0.15) is 92.9 Å². The molecular formula is C28H50N4O4S2. The SMILES string of the molecule is CCN1CC(=O)N(CCC(C)(C)CCC(O)CCC(O)CCC(C)(C)CCN2C(=O)CN(CC)C2=S)C1=S. The quantitative estimate of drug-likeness (QED) is 0.256. The van der Waals surface area contributed by atoms with E-state index in [1.807, 2.05) is 23.6 Å². The highest BCUT2D eigenvalue weighted by atomic mass is 32.1.